The smallest absolute Gasteiger partial charge is 0.324 e. The first-order chi connectivity index (χ1) is 14.6. The molecule has 0 fully saturated rings. The number of aliphatic carboxylic acids is 1. The molecule has 0 aliphatic rings. The highest BCUT2D eigenvalue weighted by Gasteiger charge is 2.40. The molecule has 0 aliphatic heterocycles. The Morgan fingerprint density at radius 2 is 1.40 bits per heavy atom. The van der Waals surface area contributed by atoms with E-state index in [-0.39, 0.29) is 0 Å². The van der Waals surface area contributed by atoms with Crippen molar-refractivity contribution in [2.75, 3.05) is 0 Å². The SMILES string of the molecule is C[C@](Cc1c[nH]c2ccccc12)(C(=O)O)N(Cc1ccccc1)Cc1ccccc1. The lowest BCUT2D eigenvalue weighted by molar-refractivity contribution is -0.151. The standard InChI is InChI=1S/C26H26N2O2/c1-26(25(29)30,16-22-17-27-24-15-9-8-14-23(22)24)28(18-20-10-4-2-5-11-20)19-21-12-6-3-7-13-21/h2-15,17,27H,16,18-19H2,1H3,(H,29,30)/t26-/m0/s1. The molecule has 4 nitrogen and oxygen atoms in total. The van der Waals surface area contributed by atoms with Crippen molar-refractivity contribution in [3.8, 4) is 0 Å². The highest BCUT2D eigenvalue weighted by molar-refractivity contribution is 5.85. The van der Waals surface area contributed by atoms with Crippen LogP contribution in [0.1, 0.15) is 23.6 Å². The molecular weight excluding hydrogens is 372 g/mol. The van der Waals surface area contributed by atoms with Gasteiger partial charge < -0.3 is 10.1 Å². The lowest BCUT2D eigenvalue weighted by Crippen LogP contribution is -2.53. The average Bonchev–Trinajstić information content (AvgIpc) is 3.17. The maximum atomic E-state index is 12.7. The van der Waals surface area contributed by atoms with Crippen molar-refractivity contribution < 1.29 is 9.90 Å². The van der Waals surface area contributed by atoms with Crippen LogP contribution in [-0.2, 0) is 24.3 Å². The van der Waals surface area contributed by atoms with Gasteiger partial charge in [0.2, 0.25) is 0 Å². The Bertz CT molecular complexity index is 1080. The van der Waals surface area contributed by atoms with E-state index in [1.165, 1.54) is 0 Å². The third-order valence-corrected chi connectivity index (χ3v) is 5.80. The molecule has 0 bridgehead atoms. The van der Waals surface area contributed by atoms with E-state index in [2.05, 4.69) is 9.88 Å². The number of benzene rings is 3. The highest BCUT2D eigenvalue weighted by atomic mass is 16.4. The molecule has 3 aromatic carbocycles. The molecular formula is C26H26N2O2. The van der Waals surface area contributed by atoms with Crippen LogP contribution in [0.25, 0.3) is 10.9 Å². The van der Waals surface area contributed by atoms with Crippen molar-refractivity contribution in [2.24, 2.45) is 0 Å². The number of hydrogen-bond donors (Lipinski definition) is 2. The fourth-order valence-corrected chi connectivity index (χ4v) is 3.98. The van der Waals surface area contributed by atoms with Crippen LogP contribution < -0.4 is 0 Å². The fraction of sp³-hybridized carbons (Fsp3) is 0.192. The zero-order valence-electron chi connectivity index (χ0n) is 17.1. The van der Waals surface area contributed by atoms with Gasteiger partial charge in [0.05, 0.1) is 0 Å². The molecule has 2 N–H and O–H groups in total. The number of hydrogen-bond acceptors (Lipinski definition) is 2. The summed E-state index contributed by atoms with van der Waals surface area (Å²) in [5.41, 5.74) is 3.16. The molecule has 4 heteroatoms. The van der Waals surface area contributed by atoms with E-state index < -0.39 is 11.5 Å². The number of carboxylic acid groups (broad SMARTS) is 1. The van der Waals surface area contributed by atoms with Gasteiger partial charge in [-0.2, -0.15) is 0 Å². The van der Waals surface area contributed by atoms with Crippen LogP contribution in [0.5, 0.6) is 0 Å². The molecule has 152 valence electrons. The second-order valence-electron chi connectivity index (χ2n) is 7.94. The first kappa shape index (κ1) is 19.9. The van der Waals surface area contributed by atoms with Crippen LogP contribution in [0.4, 0.5) is 0 Å². The van der Waals surface area contributed by atoms with Gasteiger partial charge in [-0.05, 0) is 29.7 Å². The van der Waals surface area contributed by atoms with E-state index in [9.17, 15) is 9.90 Å². The molecule has 1 heterocycles. The predicted molar refractivity (Wildman–Crippen MR) is 120 cm³/mol. The molecule has 0 amide bonds. The van der Waals surface area contributed by atoms with Crippen LogP contribution in [0.2, 0.25) is 0 Å². The van der Waals surface area contributed by atoms with Crippen LogP contribution in [-0.4, -0.2) is 26.5 Å². The van der Waals surface area contributed by atoms with E-state index in [0.29, 0.717) is 19.5 Å². The Morgan fingerprint density at radius 3 is 1.97 bits per heavy atom. The number of para-hydroxylation sites is 1. The van der Waals surface area contributed by atoms with Crippen molar-refractivity contribution in [1.29, 1.82) is 0 Å². The second-order valence-corrected chi connectivity index (χ2v) is 7.94. The number of aromatic amines is 1. The number of carbonyl (C=O) groups is 1. The Hall–Kier alpha value is -3.37. The minimum Gasteiger partial charge on any atom is -0.480 e. The lowest BCUT2D eigenvalue weighted by atomic mass is 9.89. The summed E-state index contributed by atoms with van der Waals surface area (Å²) in [7, 11) is 0. The molecule has 0 saturated heterocycles. The van der Waals surface area contributed by atoms with Gasteiger partial charge in [-0.3, -0.25) is 9.69 Å². The molecule has 1 aromatic heterocycles. The van der Waals surface area contributed by atoms with Crippen molar-refractivity contribution in [3.63, 3.8) is 0 Å². The quantitative estimate of drug-likeness (QED) is 0.426. The van der Waals surface area contributed by atoms with E-state index >= 15 is 0 Å². The van der Waals surface area contributed by atoms with Gasteiger partial charge in [-0.25, -0.2) is 0 Å². The number of aromatic nitrogens is 1. The van der Waals surface area contributed by atoms with Crippen molar-refractivity contribution in [1.82, 2.24) is 9.88 Å². The zero-order valence-corrected chi connectivity index (χ0v) is 17.1. The minimum atomic E-state index is -1.07. The van der Waals surface area contributed by atoms with Gasteiger partial charge in [-0.15, -0.1) is 0 Å². The van der Waals surface area contributed by atoms with E-state index in [1.54, 1.807) is 0 Å². The van der Waals surface area contributed by atoms with E-state index in [4.69, 9.17) is 0 Å². The summed E-state index contributed by atoms with van der Waals surface area (Å²) in [6.07, 6.45) is 2.35. The summed E-state index contributed by atoms with van der Waals surface area (Å²) in [5.74, 6) is -0.820. The fourth-order valence-electron chi connectivity index (χ4n) is 3.98. The predicted octanol–water partition coefficient (Wildman–Crippen LogP) is 5.26. The maximum Gasteiger partial charge on any atom is 0.324 e. The second kappa shape index (κ2) is 8.56. The summed E-state index contributed by atoms with van der Waals surface area (Å²) >= 11 is 0. The third-order valence-electron chi connectivity index (χ3n) is 5.80. The molecule has 30 heavy (non-hydrogen) atoms. The van der Waals surface area contributed by atoms with Crippen molar-refractivity contribution in [2.45, 2.75) is 32.0 Å². The van der Waals surface area contributed by atoms with Gasteiger partial charge in [0.25, 0.3) is 0 Å². The maximum absolute atomic E-state index is 12.7. The summed E-state index contributed by atoms with van der Waals surface area (Å²) in [4.78, 5) is 18.0. The first-order valence-corrected chi connectivity index (χ1v) is 10.2. The zero-order chi connectivity index (χ0) is 21.0. The van der Waals surface area contributed by atoms with Crippen LogP contribution >= 0.6 is 0 Å². The lowest BCUT2D eigenvalue weighted by Gasteiger charge is -2.38. The molecule has 0 unspecified atom stereocenters. The summed E-state index contributed by atoms with van der Waals surface area (Å²) in [6.45, 7) is 2.95. The van der Waals surface area contributed by atoms with Gasteiger partial charge in [0, 0.05) is 36.6 Å². The molecule has 0 spiro atoms. The van der Waals surface area contributed by atoms with Gasteiger partial charge >= 0.3 is 5.97 Å². The molecule has 0 saturated carbocycles. The van der Waals surface area contributed by atoms with Gasteiger partial charge in [0.1, 0.15) is 5.54 Å². The largest absolute Gasteiger partial charge is 0.480 e. The van der Waals surface area contributed by atoms with Crippen LogP contribution in [0.3, 0.4) is 0 Å². The number of fused-ring (bicyclic) bond motifs is 1. The number of H-pyrrole nitrogens is 1. The Labute approximate surface area is 176 Å². The average molecular weight is 399 g/mol. The monoisotopic (exact) mass is 398 g/mol. The summed E-state index contributed by atoms with van der Waals surface area (Å²) in [5, 5.41) is 11.5. The number of carboxylic acids is 1. The molecule has 1 atom stereocenters. The van der Waals surface area contributed by atoms with E-state index in [1.807, 2.05) is 98.0 Å². The molecule has 0 radical (unpaired) electrons. The number of nitrogens with zero attached hydrogens (tertiary/aromatic N) is 1. The molecule has 4 rings (SSSR count). The van der Waals surface area contributed by atoms with Crippen LogP contribution in [0.15, 0.2) is 91.1 Å². The number of nitrogens with one attached hydrogen (secondary N) is 1. The normalized spacial score (nSPS) is 13.4. The molecule has 4 aromatic rings. The summed E-state index contributed by atoms with van der Waals surface area (Å²) in [6, 6.07) is 28.2. The topological polar surface area (TPSA) is 56.3 Å². The highest BCUT2D eigenvalue weighted by Crippen LogP contribution is 2.29. The van der Waals surface area contributed by atoms with Gasteiger partial charge in [0.15, 0.2) is 0 Å². The van der Waals surface area contributed by atoms with E-state index in [0.717, 1.165) is 27.6 Å². The minimum absolute atomic E-state index is 0.409. The summed E-state index contributed by atoms with van der Waals surface area (Å²) < 4.78 is 0. The number of rotatable bonds is 8. The Kier molecular flexibility index (Phi) is 5.68. The first-order valence-electron chi connectivity index (χ1n) is 10.2. The van der Waals surface area contributed by atoms with Crippen molar-refractivity contribution in [3.05, 3.63) is 108 Å². The van der Waals surface area contributed by atoms with Crippen LogP contribution in [0, 0.1) is 0 Å². The van der Waals surface area contributed by atoms with Crippen molar-refractivity contribution >= 4 is 16.9 Å². The van der Waals surface area contributed by atoms with Gasteiger partial charge in [-0.1, -0.05) is 78.9 Å². The Morgan fingerprint density at radius 1 is 0.867 bits per heavy atom. The third kappa shape index (κ3) is 4.14. The Balaban J connectivity index is 1.72. The molecule has 0 aliphatic carbocycles.